The summed E-state index contributed by atoms with van der Waals surface area (Å²) >= 11 is 3.55. The van der Waals surface area contributed by atoms with Crippen LogP contribution in [0.4, 0.5) is 5.69 Å². The van der Waals surface area contributed by atoms with Gasteiger partial charge in [0.25, 0.3) is 0 Å². The molecule has 1 aromatic carbocycles. The molecule has 1 saturated heterocycles. The van der Waals surface area contributed by atoms with Gasteiger partial charge in [-0.3, -0.25) is 0 Å². The molecule has 1 aliphatic heterocycles. The molecule has 2 nitrogen and oxygen atoms in total. The summed E-state index contributed by atoms with van der Waals surface area (Å²) in [7, 11) is 0. The number of benzene rings is 1. The van der Waals surface area contributed by atoms with Crippen LogP contribution in [0.15, 0.2) is 28.7 Å². The Kier molecular flexibility index (Phi) is 4.46. The predicted molar refractivity (Wildman–Crippen MR) is 77.4 cm³/mol. The number of rotatable bonds is 4. The van der Waals surface area contributed by atoms with E-state index < -0.39 is 0 Å². The Bertz CT molecular complexity index is 357. The van der Waals surface area contributed by atoms with E-state index in [1.54, 1.807) is 0 Å². The molecule has 2 rings (SSSR count). The summed E-state index contributed by atoms with van der Waals surface area (Å²) in [4.78, 5) is 2.55. The summed E-state index contributed by atoms with van der Waals surface area (Å²) in [6.07, 6.45) is 0. The molecule has 0 aliphatic carbocycles. The molecule has 17 heavy (non-hydrogen) atoms. The zero-order valence-electron chi connectivity index (χ0n) is 10.6. The maximum atomic E-state index is 3.55. The zero-order chi connectivity index (χ0) is 12.3. The van der Waals surface area contributed by atoms with Crippen molar-refractivity contribution in [1.29, 1.82) is 0 Å². The van der Waals surface area contributed by atoms with Crippen molar-refractivity contribution < 1.29 is 0 Å². The fraction of sp³-hybridized carbons (Fsp3) is 0.571. The van der Waals surface area contributed by atoms with E-state index >= 15 is 0 Å². The first-order valence-electron chi connectivity index (χ1n) is 6.37. The van der Waals surface area contributed by atoms with Gasteiger partial charge in [-0.2, -0.15) is 0 Å². The molecule has 0 radical (unpaired) electrons. The fourth-order valence-electron chi connectivity index (χ4n) is 2.38. The predicted octanol–water partition coefficient (Wildman–Crippen LogP) is 3.45. The highest BCUT2D eigenvalue weighted by atomic mass is 79.9. The summed E-state index contributed by atoms with van der Waals surface area (Å²) in [5, 5.41) is 3.48. The van der Waals surface area contributed by atoms with Crippen molar-refractivity contribution >= 4 is 21.6 Å². The van der Waals surface area contributed by atoms with Gasteiger partial charge in [-0.05, 0) is 39.9 Å². The Labute approximate surface area is 113 Å². The van der Waals surface area contributed by atoms with Gasteiger partial charge in [0.1, 0.15) is 0 Å². The van der Waals surface area contributed by atoms with E-state index in [-0.39, 0.29) is 0 Å². The number of anilines is 1. The van der Waals surface area contributed by atoms with E-state index in [2.05, 4.69) is 58.2 Å². The van der Waals surface area contributed by atoms with Crippen LogP contribution in [0.25, 0.3) is 0 Å². The van der Waals surface area contributed by atoms with Crippen LogP contribution in [-0.2, 0) is 0 Å². The third-order valence-electron chi connectivity index (χ3n) is 3.68. The lowest BCUT2D eigenvalue weighted by atomic mass is 10.0. The molecule has 94 valence electrons. The second-order valence-electron chi connectivity index (χ2n) is 5.12. The maximum absolute atomic E-state index is 3.55. The largest absolute Gasteiger partial charge is 0.383 e. The van der Waals surface area contributed by atoms with Gasteiger partial charge in [0.15, 0.2) is 0 Å². The van der Waals surface area contributed by atoms with E-state index in [1.807, 2.05) is 6.07 Å². The maximum Gasteiger partial charge on any atom is 0.0485 e. The first-order chi connectivity index (χ1) is 8.16. The molecule has 1 heterocycles. The van der Waals surface area contributed by atoms with Crippen molar-refractivity contribution in [2.75, 3.05) is 31.5 Å². The minimum absolute atomic E-state index is 0.846. The van der Waals surface area contributed by atoms with Crippen LogP contribution in [0, 0.1) is 11.8 Å². The Hall–Kier alpha value is -0.540. The molecule has 1 aliphatic rings. The second kappa shape index (κ2) is 5.87. The Morgan fingerprint density at radius 1 is 1.24 bits per heavy atom. The third kappa shape index (κ3) is 3.46. The molecule has 0 spiro atoms. The van der Waals surface area contributed by atoms with Crippen LogP contribution >= 0.6 is 15.9 Å². The van der Waals surface area contributed by atoms with Gasteiger partial charge < -0.3 is 10.2 Å². The molecule has 3 heteroatoms. The summed E-state index contributed by atoms with van der Waals surface area (Å²) < 4.78 is 1.14. The topological polar surface area (TPSA) is 15.3 Å². The number of hydrogen-bond acceptors (Lipinski definition) is 2. The van der Waals surface area contributed by atoms with Crippen LogP contribution in [0.2, 0.25) is 0 Å². The average Bonchev–Trinajstić information content (AvgIpc) is 2.61. The first-order valence-corrected chi connectivity index (χ1v) is 7.17. The molecule has 1 N–H and O–H groups in total. The molecule has 0 aromatic heterocycles. The summed E-state index contributed by atoms with van der Waals surface area (Å²) in [5.74, 6) is 1.69. The molecule has 0 saturated carbocycles. The van der Waals surface area contributed by atoms with Crippen LogP contribution in [-0.4, -0.2) is 31.1 Å². The summed E-state index contributed by atoms with van der Waals surface area (Å²) in [6, 6.07) is 8.29. The van der Waals surface area contributed by atoms with Crippen molar-refractivity contribution in [2.45, 2.75) is 13.8 Å². The van der Waals surface area contributed by atoms with E-state index in [4.69, 9.17) is 0 Å². The monoisotopic (exact) mass is 296 g/mol. The van der Waals surface area contributed by atoms with E-state index in [1.165, 1.54) is 18.8 Å². The van der Waals surface area contributed by atoms with Crippen LogP contribution in [0.5, 0.6) is 0 Å². The second-order valence-corrected chi connectivity index (χ2v) is 5.98. The lowest BCUT2D eigenvalue weighted by Crippen LogP contribution is -2.27. The Morgan fingerprint density at radius 2 is 1.88 bits per heavy atom. The number of para-hydroxylation sites is 1. The van der Waals surface area contributed by atoms with E-state index in [9.17, 15) is 0 Å². The van der Waals surface area contributed by atoms with Crippen LogP contribution in [0.3, 0.4) is 0 Å². The van der Waals surface area contributed by atoms with Gasteiger partial charge in [-0.15, -0.1) is 0 Å². The molecule has 1 fully saturated rings. The van der Waals surface area contributed by atoms with Gasteiger partial charge in [0, 0.05) is 36.3 Å². The van der Waals surface area contributed by atoms with Crippen molar-refractivity contribution in [3.8, 4) is 0 Å². The SMILES string of the molecule is CC1CN(CCNc2ccccc2Br)CC1C. The highest BCUT2D eigenvalue weighted by Crippen LogP contribution is 2.23. The van der Waals surface area contributed by atoms with Crippen molar-refractivity contribution in [3.63, 3.8) is 0 Å². The number of hydrogen-bond donors (Lipinski definition) is 1. The highest BCUT2D eigenvalue weighted by Gasteiger charge is 2.25. The van der Waals surface area contributed by atoms with Gasteiger partial charge in [0.05, 0.1) is 0 Å². The summed E-state index contributed by atoms with van der Waals surface area (Å²) in [5.41, 5.74) is 1.19. The summed E-state index contributed by atoms with van der Waals surface area (Å²) in [6.45, 7) is 9.35. The van der Waals surface area contributed by atoms with Crippen LogP contribution < -0.4 is 5.32 Å². The standard InChI is InChI=1S/C14H21BrN2/c1-11-9-17(10-12(11)2)8-7-16-14-6-4-3-5-13(14)15/h3-6,11-12,16H,7-10H2,1-2H3. The van der Waals surface area contributed by atoms with Crippen molar-refractivity contribution in [2.24, 2.45) is 11.8 Å². The molecule has 2 atom stereocenters. The number of likely N-dealkylation sites (tertiary alicyclic amines) is 1. The Morgan fingerprint density at radius 3 is 2.53 bits per heavy atom. The minimum Gasteiger partial charge on any atom is -0.383 e. The quantitative estimate of drug-likeness (QED) is 0.915. The number of nitrogens with zero attached hydrogens (tertiary/aromatic N) is 1. The van der Waals surface area contributed by atoms with Crippen LogP contribution in [0.1, 0.15) is 13.8 Å². The molecular formula is C14H21BrN2. The molecule has 0 bridgehead atoms. The molecule has 2 unspecified atom stereocenters. The lowest BCUT2D eigenvalue weighted by Gasteiger charge is -2.16. The molecule has 1 aromatic rings. The highest BCUT2D eigenvalue weighted by molar-refractivity contribution is 9.10. The van der Waals surface area contributed by atoms with Gasteiger partial charge in [-0.25, -0.2) is 0 Å². The normalized spacial score (nSPS) is 25.1. The van der Waals surface area contributed by atoms with Gasteiger partial charge in [0.2, 0.25) is 0 Å². The van der Waals surface area contributed by atoms with Crippen molar-refractivity contribution in [3.05, 3.63) is 28.7 Å². The van der Waals surface area contributed by atoms with Gasteiger partial charge >= 0.3 is 0 Å². The fourth-order valence-corrected chi connectivity index (χ4v) is 2.81. The third-order valence-corrected chi connectivity index (χ3v) is 4.37. The van der Waals surface area contributed by atoms with E-state index in [0.717, 1.165) is 29.4 Å². The zero-order valence-corrected chi connectivity index (χ0v) is 12.2. The van der Waals surface area contributed by atoms with Gasteiger partial charge in [-0.1, -0.05) is 26.0 Å². The smallest absolute Gasteiger partial charge is 0.0485 e. The number of nitrogens with one attached hydrogen (secondary N) is 1. The molecular weight excluding hydrogens is 276 g/mol. The number of halogens is 1. The minimum atomic E-state index is 0.846. The average molecular weight is 297 g/mol. The lowest BCUT2D eigenvalue weighted by molar-refractivity contribution is 0.337. The first kappa shape index (κ1) is 12.9. The van der Waals surface area contributed by atoms with E-state index in [0.29, 0.717) is 0 Å². The molecule has 0 amide bonds. The van der Waals surface area contributed by atoms with Crippen molar-refractivity contribution in [1.82, 2.24) is 4.90 Å². The Balaban J connectivity index is 1.75.